The number of hydrogen-bond acceptors (Lipinski definition) is 7. The molecule has 0 aliphatic carbocycles. The van der Waals surface area contributed by atoms with Crippen molar-refractivity contribution in [2.45, 2.75) is 25.2 Å². The summed E-state index contributed by atoms with van der Waals surface area (Å²) < 4.78 is 3.47. The number of piperidine rings is 1. The van der Waals surface area contributed by atoms with Crippen molar-refractivity contribution in [1.82, 2.24) is 29.4 Å². The molecule has 9 heteroatoms. The molecular formula is C18H22N8O. The number of anilines is 2. The van der Waals surface area contributed by atoms with E-state index < -0.39 is 0 Å². The first-order chi connectivity index (χ1) is 13.2. The van der Waals surface area contributed by atoms with Gasteiger partial charge in [0.25, 0.3) is 5.56 Å². The third kappa shape index (κ3) is 2.73. The molecule has 2 saturated heterocycles. The summed E-state index contributed by atoms with van der Waals surface area (Å²) in [7, 11) is 1.75. The fraction of sp³-hybridized carbons (Fsp3) is 0.500. The number of aryl methyl sites for hydroxylation is 1. The minimum Gasteiger partial charge on any atom is -0.355 e. The summed E-state index contributed by atoms with van der Waals surface area (Å²) in [5.74, 6) is 2.72. The molecule has 9 nitrogen and oxygen atoms in total. The molecule has 0 spiro atoms. The Morgan fingerprint density at radius 1 is 1.04 bits per heavy atom. The third-order valence-electron chi connectivity index (χ3n) is 5.61. The Bertz CT molecular complexity index is 1030. The Morgan fingerprint density at radius 2 is 1.85 bits per heavy atom. The van der Waals surface area contributed by atoms with E-state index in [-0.39, 0.29) is 11.5 Å². The van der Waals surface area contributed by atoms with Crippen LogP contribution in [-0.2, 0) is 7.05 Å². The van der Waals surface area contributed by atoms with E-state index in [0.717, 1.165) is 56.3 Å². The molecule has 0 radical (unpaired) electrons. The molecule has 140 valence electrons. The number of rotatable bonds is 3. The molecule has 3 aromatic heterocycles. The summed E-state index contributed by atoms with van der Waals surface area (Å²) in [5.41, 5.74) is 0.736. The van der Waals surface area contributed by atoms with E-state index >= 15 is 0 Å². The van der Waals surface area contributed by atoms with Gasteiger partial charge < -0.3 is 14.4 Å². The van der Waals surface area contributed by atoms with Crippen LogP contribution >= 0.6 is 0 Å². The maximum absolute atomic E-state index is 12.3. The summed E-state index contributed by atoms with van der Waals surface area (Å²) in [6.07, 6.45) is 6.38. The summed E-state index contributed by atoms with van der Waals surface area (Å²) >= 11 is 0. The molecule has 0 unspecified atom stereocenters. The molecule has 0 saturated carbocycles. The number of hydrogen-bond donors (Lipinski definition) is 0. The lowest BCUT2D eigenvalue weighted by Crippen LogP contribution is -2.39. The van der Waals surface area contributed by atoms with Crippen LogP contribution in [0.5, 0.6) is 0 Å². The van der Waals surface area contributed by atoms with Crippen LogP contribution in [0.4, 0.5) is 11.6 Å². The fourth-order valence-electron chi connectivity index (χ4n) is 3.82. The lowest BCUT2D eigenvalue weighted by Gasteiger charge is -2.32. The van der Waals surface area contributed by atoms with Crippen LogP contribution in [0, 0.1) is 0 Å². The van der Waals surface area contributed by atoms with E-state index in [4.69, 9.17) is 5.10 Å². The van der Waals surface area contributed by atoms with Crippen molar-refractivity contribution in [3.8, 4) is 0 Å². The van der Waals surface area contributed by atoms with Gasteiger partial charge in [0.15, 0.2) is 17.3 Å². The van der Waals surface area contributed by atoms with Crippen LogP contribution in [0.25, 0.3) is 5.65 Å². The molecular weight excluding hydrogens is 344 g/mol. The standard InChI is InChI=1S/C18H22N8O/c1-23-12-7-19-17(18(23)27)25-10-5-13(6-11-25)16-21-20-14-3-4-15(22-26(14)16)24-8-2-9-24/h3-4,7,12-13H,2,5-6,8-11H2,1H3. The zero-order chi connectivity index (χ0) is 18.4. The zero-order valence-corrected chi connectivity index (χ0v) is 15.3. The largest absolute Gasteiger partial charge is 0.355 e. The van der Waals surface area contributed by atoms with Gasteiger partial charge in [-0.2, -0.15) is 4.52 Å². The molecule has 5 heterocycles. The number of fused-ring (bicyclic) bond motifs is 1. The summed E-state index contributed by atoms with van der Waals surface area (Å²) in [6.45, 7) is 3.68. The first-order valence-corrected chi connectivity index (χ1v) is 9.44. The molecule has 0 aromatic carbocycles. The Morgan fingerprint density at radius 3 is 2.59 bits per heavy atom. The third-order valence-corrected chi connectivity index (χ3v) is 5.61. The van der Waals surface area contributed by atoms with Crippen LogP contribution in [0.2, 0.25) is 0 Å². The fourth-order valence-corrected chi connectivity index (χ4v) is 3.82. The second-order valence-electron chi connectivity index (χ2n) is 7.29. The highest BCUT2D eigenvalue weighted by atomic mass is 16.1. The Balaban J connectivity index is 1.37. The quantitative estimate of drug-likeness (QED) is 0.678. The highest BCUT2D eigenvalue weighted by molar-refractivity contribution is 5.47. The van der Waals surface area contributed by atoms with Gasteiger partial charge in [-0.3, -0.25) is 4.79 Å². The Kier molecular flexibility index (Phi) is 3.80. The molecule has 5 rings (SSSR count). The molecule has 2 aliphatic heterocycles. The van der Waals surface area contributed by atoms with Crippen LogP contribution in [0.1, 0.15) is 31.0 Å². The van der Waals surface area contributed by atoms with Crippen molar-refractivity contribution < 1.29 is 0 Å². The van der Waals surface area contributed by atoms with E-state index in [1.807, 2.05) is 16.6 Å². The molecule has 27 heavy (non-hydrogen) atoms. The van der Waals surface area contributed by atoms with Gasteiger partial charge in [0.1, 0.15) is 5.82 Å². The second kappa shape index (κ2) is 6.33. The predicted octanol–water partition coefficient (Wildman–Crippen LogP) is 0.812. The van der Waals surface area contributed by atoms with Crippen LogP contribution in [0.15, 0.2) is 29.3 Å². The van der Waals surface area contributed by atoms with Crippen molar-refractivity contribution >= 4 is 17.3 Å². The normalized spacial score (nSPS) is 18.1. The highest BCUT2D eigenvalue weighted by Gasteiger charge is 2.27. The van der Waals surface area contributed by atoms with Crippen molar-refractivity contribution in [3.05, 3.63) is 40.7 Å². The van der Waals surface area contributed by atoms with E-state index in [9.17, 15) is 4.79 Å². The topological polar surface area (TPSA) is 84.5 Å². The van der Waals surface area contributed by atoms with Gasteiger partial charge in [-0.15, -0.1) is 15.3 Å². The molecule has 0 N–H and O–H groups in total. The maximum atomic E-state index is 12.3. The van der Waals surface area contributed by atoms with Crippen molar-refractivity contribution in [3.63, 3.8) is 0 Å². The maximum Gasteiger partial charge on any atom is 0.293 e. The lowest BCUT2D eigenvalue weighted by atomic mass is 9.96. The molecule has 0 amide bonds. The van der Waals surface area contributed by atoms with Gasteiger partial charge in [0.2, 0.25) is 0 Å². The van der Waals surface area contributed by atoms with E-state index in [1.54, 1.807) is 24.0 Å². The van der Waals surface area contributed by atoms with Crippen molar-refractivity contribution in [2.24, 2.45) is 7.05 Å². The number of aromatic nitrogens is 6. The molecule has 0 bridgehead atoms. The average Bonchev–Trinajstić information content (AvgIpc) is 3.06. The van der Waals surface area contributed by atoms with E-state index in [0.29, 0.717) is 5.82 Å². The average molecular weight is 366 g/mol. The minimum atomic E-state index is -0.0512. The second-order valence-corrected chi connectivity index (χ2v) is 7.29. The van der Waals surface area contributed by atoms with Gasteiger partial charge >= 0.3 is 0 Å². The molecule has 2 aliphatic rings. The van der Waals surface area contributed by atoms with Gasteiger partial charge in [-0.05, 0) is 31.4 Å². The summed E-state index contributed by atoms with van der Waals surface area (Å²) in [5, 5.41) is 13.5. The van der Waals surface area contributed by atoms with Crippen LogP contribution in [-0.4, -0.2) is 55.5 Å². The lowest BCUT2D eigenvalue weighted by molar-refractivity contribution is 0.472. The number of nitrogens with zero attached hydrogens (tertiary/aromatic N) is 8. The van der Waals surface area contributed by atoms with Gasteiger partial charge in [0, 0.05) is 51.5 Å². The van der Waals surface area contributed by atoms with Gasteiger partial charge in [-0.1, -0.05) is 0 Å². The monoisotopic (exact) mass is 366 g/mol. The minimum absolute atomic E-state index is 0.0512. The summed E-state index contributed by atoms with van der Waals surface area (Å²) in [6, 6.07) is 4.01. The van der Waals surface area contributed by atoms with Crippen molar-refractivity contribution in [2.75, 3.05) is 36.0 Å². The van der Waals surface area contributed by atoms with E-state index in [1.165, 1.54) is 6.42 Å². The Hall–Kier alpha value is -2.97. The summed E-state index contributed by atoms with van der Waals surface area (Å²) in [4.78, 5) is 20.9. The van der Waals surface area contributed by atoms with E-state index in [2.05, 4.69) is 25.0 Å². The smallest absolute Gasteiger partial charge is 0.293 e. The SMILES string of the molecule is Cn1ccnc(N2CCC(c3nnc4ccc(N5CCC5)nn34)CC2)c1=O. The first kappa shape index (κ1) is 16.2. The van der Waals surface area contributed by atoms with Crippen molar-refractivity contribution in [1.29, 1.82) is 0 Å². The molecule has 3 aromatic rings. The van der Waals surface area contributed by atoms with Gasteiger partial charge in [-0.25, -0.2) is 4.98 Å². The van der Waals surface area contributed by atoms with Gasteiger partial charge in [0.05, 0.1) is 0 Å². The molecule has 0 atom stereocenters. The van der Waals surface area contributed by atoms with Crippen LogP contribution < -0.4 is 15.4 Å². The predicted molar refractivity (Wildman–Crippen MR) is 101 cm³/mol. The Labute approximate surface area is 156 Å². The first-order valence-electron chi connectivity index (χ1n) is 9.44. The van der Waals surface area contributed by atoms with Crippen LogP contribution in [0.3, 0.4) is 0 Å². The molecule has 2 fully saturated rings. The zero-order valence-electron chi connectivity index (χ0n) is 15.3. The highest BCUT2D eigenvalue weighted by Crippen LogP contribution is 2.28.